The molecule has 4 aromatic rings. The van der Waals surface area contributed by atoms with E-state index in [-0.39, 0.29) is 11.7 Å². The normalized spacial score (nSPS) is 14.4. The van der Waals surface area contributed by atoms with Crippen molar-refractivity contribution in [2.45, 2.75) is 6.54 Å². The van der Waals surface area contributed by atoms with Crippen LogP contribution in [0, 0.1) is 0 Å². The molecule has 0 aliphatic carbocycles. The molecule has 1 aromatic carbocycles. The second-order valence-electron chi connectivity index (χ2n) is 7.86. The van der Waals surface area contributed by atoms with Crippen molar-refractivity contribution in [2.24, 2.45) is 0 Å². The molecule has 0 bridgehead atoms. The number of aromatic nitrogens is 1. The molecule has 1 aliphatic rings. The second kappa shape index (κ2) is 9.52. The van der Waals surface area contributed by atoms with Gasteiger partial charge in [0.05, 0.1) is 24.2 Å². The lowest BCUT2D eigenvalue weighted by molar-refractivity contribution is 0.0997. The molecule has 0 atom stereocenters. The second-order valence-corrected chi connectivity index (χ2v) is 8.29. The molecule has 1 saturated heterocycles. The summed E-state index contributed by atoms with van der Waals surface area (Å²) < 4.78 is 11.2. The van der Waals surface area contributed by atoms with Crippen LogP contribution in [0.3, 0.4) is 0 Å². The molecule has 1 amide bonds. The average Bonchev–Trinajstić information content (AvgIpc) is 3.53. The van der Waals surface area contributed by atoms with Gasteiger partial charge in [0.1, 0.15) is 11.5 Å². The zero-order chi connectivity index (χ0) is 22.6. The van der Waals surface area contributed by atoms with E-state index < -0.39 is 0 Å². The third-order valence-electron chi connectivity index (χ3n) is 5.67. The van der Waals surface area contributed by atoms with E-state index >= 15 is 0 Å². The van der Waals surface area contributed by atoms with Crippen LogP contribution in [0.2, 0.25) is 5.02 Å². The Kier molecular flexibility index (Phi) is 6.15. The van der Waals surface area contributed by atoms with E-state index in [1.165, 1.54) is 0 Å². The van der Waals surface area contributed by atoms with Crippen LogP contribution >= 0.6 is 11.6 Å². The summed E-state index contributed by atoms with van der Waals surface area (Å²) in [5, 5.41) is 3.54. The number of halogens is 1. The number of pyridine rings is 1. The molecular weight excluding hydrogens is 440 g/mol. The van der Waals surface area contributed by atoms with Crippen molar-refractivity contribution in [1.29, 1.82) is 0 Å². The lowest BCUT2D eigenvalue weighted by Gasteiger charge is -2.36. The van der Waals surface area contributed by atoms with Gasteiger partial charge in [-0.05, 0) is 54.6 Å². The summed E-state index contributed by atoms with van der Waals surface area (Å²) >= 11 is 6.25. The van der Waals surface area contributed by atoms with Gasteiger partial charge in [-0.2, -0.15) is 0 Å². The molecule has 1 N–H and O–H groups in total. The van der Waals surface area contributed by atoms with Gasteiger partial charge >= 0.3 is 0 Å². The van der Waals surface area contributed by atoms with Crippen molar-refractivity contribution >= 4 is 28.9 Å². The number of hydrogen-bond acceptors (Lipinski definition) is 6. The number of piperazine rings is 1. The highest BCUT2D eigenvalue weighted by atomic mass is 35.5. The van der Waals surface area contributed by atoms with Crippen molar-refractivity contribution in [3.05, 3.63) is 89.8 Å². The van der Waals surface area contributed by atoms with Gasteiger partial charge in [0, 0.05) is 49.2 Å². The van der Waals surface area contributed by atoms with E-state index in [9.17, 15) is 4.79 Å². The molecule has 1 aliphatic heterocycles. The lowest BCUT2D eigenvalue weighted by Crippen LogP contribution is -2.46. The molecule has 5 rings (SSSR count). The van der Waals surface area contributed by atoms with E-state index in [2.05, 4.69) is 20.1 Å². The van der Waals surface area contributed by atoms with Gasteiger partial charge < -0.3 is 19.1 Å². The summed E-state index contributed by atoms with van der Waals surface area (Å²) in [6.07, 6.45) is 5.07. The van der Waals surface area contributed by atoms with Gasteiger partial charge in [0.2, 0.25) is 0 Å². The van der Waals surface area contributed by atoms with Crippen LogP contribution in [-0.2, 0) is 6.54 Å². The van der Waals surface area contributed by atoms with Crippen molar-refractivity contribution in [3.8, 4) is 11.3 Å². The van der Waals surface area contributed by atoms with E-state index in [4.69, 9.17) is 20.4 Å². The van der Waals surface area contributed by atoms with Crippen LogP contribution in [0.5, 0.6) is 0 Å². The highest BCUT2D eigenvalue weighted by molar-refractivity contribution is 6.31. The minimum Gasteiger partial charge on any atom is -0.468 e. The summed E-state index contributed by atoms with van der Waals surface area (Å²) in [4.78, 5) is 21.6. The Morgan fingerprint density at radius 1 is 1.03 bits per heavy atom. The number of amides is 1. The fourth-order valence-corrected chi connectivity index (χ4v) is 4.14. The number of carbonyl (C=O) groups is 1. The Labute approximate surface area is 196 Å². The Balaban J connectivity index is 1.28. The first-order valence-corrected chi connectivity index (χ1v) is 11.1. The predicted octanol–water partition coefficient (Wildman–Crippen LogP) is 5.16. The van der Waals surface area contributed by atoms with E-state index in [1.807, 2.05) is 36.4 Å². The van der Waals surface area contributed by atoms with Crippen LogP contribution in [0.25, 0.3) is 11.3 Å². The van der Waals surface area contributed by atoms with Crippen molar-refractivity contribution in [3.63, 3.8) is 0 Å². The summed E-state index contributed by atoms with van der Waals surface area (Å²) in [5.74, 6) is 1.49. The molecule has 168 valence electrons. The van der Waals surface area contributed by atoms with Crippen LogP contribution in [0.4, 0.5) is 11.4 Å². The third-order valence-corrected chi connectivity index (χ3v) is 5.91. The molecule has 4 heterocycles. The first kappa shape index (κ1) is 21.3. The number of nitrogens with one attached hydrogen (secondary N) is 1. The van der Waals surface area contributed by atoms with Crippen LogP contribution in [0.1, 0.15) is 16.3 Å². The molecule has 0 spiro atoms. The predicted molar refractivity (Wildman–Crippen MR) is 128 cm³/mol. The zero-order valence-corrected chi connectivity index (χ0v) is 18.7. The van der Waals surface area contributed by atoms with Gasteiger partial charge in [0.25, 0.3) is 5.91 Å². The average molecular weight is 463 g/mol. The molecule has 0 saturated carbocycles. The number of hydrogen-bond donors (Lipinski definition) is 1. The smallest absolute Gasteiger partial charge is 0.291 e. The Morgan fingerprint density at radius 3 is 2.61 bits per heavy atom. The number of rotatable bonds is 6. The summed E-state index contributed by atoms with van der Waals surface area (Å²) in [6, 6.07) is 16.6. The topological polar surface area (TPSA) is 74.8 Å². The van der Waals surface area contributed by atoms with Crippen LogP contribution in [-0.4, -0.2) is 42.0 Å². The number of carbonyl (C=O) groups excluding carboxylic acids is 1. The summed E-state index contributed by atoms with van der Waals surface area (Å²) in [7, 11) is 0. The maximum absolute atomic E-state index is 12.9. The minimum atomic E-state index is -0.324. The lowest BCUT2D eigenvalue weighted by atomic mass is 10.2. The molecule has 0 radical (unpaired) electrons. The summed E-state index contributed by atoms with van der Waals surface area (Å²) in [6.45, 7) is 4.24. The molecule has 3 aromatic heterocycles. The quantitative estimate of drug-likeness (QED) is 0.426. The fourth-order valence-electron chi connectivity index (χ4n) is 3.97. The van der Waals surface area contributed by atoms with Crippen LogP contribution < -0.4 is 10.2 Å². The SMILES string of the molecule is O=C(Nc1cc(Cl)ccc1N1CCN(Cc2ccco2)CC1)c1ccc(-c2ccncc2)o1. The van der Waals surface area contributed by atoms with E-state index in [1.54, 1.807) is 36.9 Å². The van der Waals surface area contributed by atoms with Crippen molar-refractivity contribution in [2.75, 3.05) is 36.4 Å². The first-order chi connectivity index (χ1) is 16.2. The van der Waals surface area contributed by atoms with Gasteiger partial charge in [0.15, 0.2) is 5.76 Å². The molecule has 8 heteroatoms. The Morgan fingerprint density at radius 2 is 1.85 bits per heavy atom. The highest BCUT2D eigenvalue weighted by Gasteiger charge is 2.22. The molecular formula is C25H23ClN4O3. The van der Waals surface area contributed by atoms with Gasteiger partial charge in [-0.3, -0.25) is 14.7 Å². The third kappa shape index (κ3) is 4.94. The van der Waals surface area contributed by atoms with Gasteiger partial charge in [-0.1, -0.05) is 11.6 Å². The van der Waals surface area contributed by atoms with Gasteiger partial charge in [-0.25, -0.2) is 0 Å². The maximum atomic E-state index is 12.9. The molecule has 1 fully saturated rings. The molecule has 33 heavy (non-hydrogen) atoms. The standard InChI is InChI=1S/C25H23ClN4O3/c26-19-3-4-22(30-13-11-29(12-14-30)17-20-2-1-15-32-20)21(16-19)28-25(31)24-6-5-23(33-24)18-7-9-27-10-8-18/h1-10,15-16H,11-14,17H2,(H,28,31). The number of benzene rings is 1. The Hall–Kier alpha value is -3.55. The Bertz CT molecular complexity index is 1220. The van der Waals surface area contributed by atoms with Gasteiger partial charge in [-0.15, -0.1) is 0 Å². The minimum absolute atomic E-state index is 0.232. The van der Waals surface area contributed by atoms with Crippen molar-refractivity contribution in [1.82, 2.24) is 9.88 Å². The van der Waals surface area contributed by atoms with Crippen molar-refractivity contribution < 1.29 is 13.6 Å². The highest BCUT2D eigenvalue weighted by Crippen LogP contribution is 2.31. The monoisotopic (exact) mass is 462 g/mol. The zero-order valence-electron chi connectivity index (χ0n) is 17.9. The van der Waals surface area contributed by atoms with Crippen LogP contribution in [0.15, 0.2) is 82.1 Å². The summed E-state index contributed by atoms with van der Waals surface area (Å²) in [5.41, 5.74) is 2.46. The largest absolute Gasteiger partial charge is 0.468 e. The number of furan rings is 2. The van der Waals surface area contributed by atoms with E-state index in [0.29, 0.717) is 16.5 Å². The van der Waals surface area contributed by atoms with E-state index in [0.717, 1.165) is 49.7 Å². The fraction of sp³-hybridized carbons (Fsp3) is 0.200. The maximum Gasteiger partial charge on any atom is 0.291 e. The molecule has 7 nitrogen and oxygen atoms in total. The number of nitrogens with zero attached hydrogens (tertiary/aromatic N) is 3. The number of anilines is 2. The molecule has 0 unspecified atom stereocenters. The first-order valence-electron chi connectivity index (χ1n) is 10.8.